The zero-order valence-corrected chi connectivity index (χ0v) is 14.2. The van der Waals surface area contributed by atoms with E-state index in [0.29, 0.717) is 18.7 Å². The van der Waals surface area contributed by atoms with Gasteiger partial charge in [-0.05, 0) is 24.8 Å². The van der Waals surface area contributed by atoms with Gasteiger partial charge >= 0.3 is 0 Å². The Balaban J connectivity index is 1.78. The van der Waals surface area contributed by atoms with Gasteiger partial charge in [-0.1, -0.05) is 17.8 Å². The molecule has 1 fully saturated rings. The number of carbonyl (C=O) groups excluding carboxylic acids is 1. The molecule has 0 saturated carbocycles. The number of allylic oxidation sites excluding steroid dienone is 1. The smallest absolute Gasteiger partial charge is 0.241 e. The fraction of sp³-hybridized carbons (Fsp3) is 0.333. The van der Waals surface area contributed by atoms with Crippen molar-refractivity contribution in [3.63, 3.8) is 0 Å². The van der Waals surface area contributed by atoms with Crippen LogP contribution in [-0.2, 0) is 11.3 Å². The van der Waals surface area contributed by atoms with Crippen molar-refractivity contribution in [3.05, 3.63) is 35.5 Å². The second-order valence-corrected chi connectivity index (χ2v) is 7.13. The molecule has 1 aliphatic heterocycles. The maximum absolute atomic E-state index is 12.7. The molecule has 118 valence electrons. The summed E-state index contributed by atoms with van der Waals surface area (Å²) >= 11 is 2.86. The fourth-order valence-electron chi connectivity index (χ4n) is 2.48. The van der Waals surface area contributed by atoms with Crippen molar-refractivity contribution < 1.29 is 4.79 Å². The van der Waals surface area contributed by atoms with Crippen LogP contribution < -0.4 is 4.90 Å². The number of nitrogens with zero attached hydrogens (tertiary/aromatic N) is 5. The van der Waals surface area contributed by atoms with Crippen molar-refractivity contribution in [2.24, 2.45) is 0 Å². The van der Waals surface area contributed by atoms with Crippen LogP contribution in [0, 0.1) is 18.3 Å². The van der Waals surface area contributed by atoms with Gasteiger partial charge in [-0.15, -0.1) is 28.1 Å². The van der Waals surface area contributed by atoms with Gasteiger partial charge in [0, 0.05) is 13.1 Å². The number of hydrogen-bond donors (Lipinski definition) is 0. The summed E-state index contributed by atoms with van der Waals surface area (Å²) in [6.07, 6.45) is 2.51. The normalized spacial score (nSPS) is 17.5. The molecule has 1 amide bonds. The van der Waals surface area contributed by atoms with Crippen molar-refractivity contribution in [1.82, 2.24) is 14.8 Å². The van der Waals surface area contributed by atoms with Gasteiger partial charge in [0.05, 0.1) is 10.8 Å². The zero-order chi connectivity index (χ0) is 16.4. The van der Waals surface area contributed by atoms with Gasteiger partial charge in [-0.25, -0.2) is 0 Å². The number of aryl methyl sites for hydroxylation is 1. The highest BCUT2D eigenvalue weighted by Gasteiger charge is 2.36. The summed E-state index contributed by atoms with van der Waals surface area (Å²) < 4.78 is 1.94. The van der Waals surface area contributed by atoms with Gasteiger partial charge in [0.1, 0.15) is 16.9 Å². The monoisotopic (exact) mass is 345 g/mol. The van der Waals surface area contributed by atoms with E-state index < -0.39 is 0 Å². The van der Waals surface area contributed by atoms with E-state index in [9.17, 15) is 4.79 Å². The number of thioether (sulfide) groups is 1. The molecule has 1 aliphatic rings. The summed E-state index contributed by atoms with van der Waals surface area (Å²) in [6, 6.07) is 3.89. The molecule has 1 saturated heterocycles. The number of anilines is 1. The first kappa shape index (κ1) is 15.8. The van der Waals surface area contributed by atoms with Gasteiger partial charge in [0.25, 0.3) is 0 Å². The van der Waals surface area contributed by atoms with Crippen LogP contribution in [-0.4, -0.2) is 32.5 Å². The molecule has 0 bridgehead atoms. The molecule has 0 unspecified atom stereocenters. The maximum atomic E-state index is 12.7. The average molecular weight is 345 g/mol. The van der Waals surface area contributed by atoms with E-state index in [4.69, 9.17) is 5.26 Å². The Morgan fingerprint density at radius 2 is 2.43 bits per heavy atom. The molecule has 0 aliphatic carbocycles. The first-order chi connectivity index (χ1) is 11.2. The lowest BCUT2D eigenvalue weighted by atomic mass is 10.3. The van der Waals surface area contributed by atoms with Gasteiger partial charge < -0.3 is 9.47 Å². The second-order valence-electron chi connectivity index (χ2n) is 5.07. The van der Waals surface area contributed by atoms with Crippen LogP contribution in [0.25, 0.3) is 0 Å². The fourth-order valence-corrected chi connectivity index (χ4v) is 4.49. The van der Waals surface area contributed by atoms with Gasteiger partial charge in [-0.2, -0.15) is 5.26 Å². The van der Waals surface area contributed by atoms with E-state index in [2.05, 4.69) is 22.8 Å². The van der Waals surface area contributed by atoms with Crippen LogP contribution in [0.2, 0.25) is 0 Å². The molecule has 3 heterocycles. The van der Waals surface area contributed by atoms with Crippen LogP contribution >= 0.6 is 23.1 Å². The number of aromatic nitrogens is 3. The predicted molar refractivity (Wildman–Crippen MR) is 90.6 cm³/mol. The number of carbonyl (C=O) groups is 1. The minimum atomic E-state index is -0.198. The first-order valence-electron chi connectivity index (χ1n) is 7.12. The molecular weight excluding hydrogens is 330 g/mol. The third kappa shape index (κ3) is 2.90. The summed E-state index contributed by atoms with van der Waals surface area (Å²) in [4.78, 5) is 14.4. The summed E-state index contributed by atoms with van der Waals surface area (Å²) in [5, 5.41) is 20.5. The predicted octanol–water partition coefficient (Wildman–Crippen LogP) is 2.60. The average Bonchev–Trinajstić information content (AvgIpc) is 3.23. The van der Waals surface area contributed by atoms with E-state index >= 15 is 0 Å². The van der Waals surface area contributed by atoms with Crippen LogP contribution in [0.1, 0.15) is 17.8 Å². The Labute approximate surface area is 142 Å². The van der Waals surface area contributed by atoms with Crippen molar-refractivity contribution in [2.75, 3.05) is 11.4 Å². The molecule has 0 aromatic carbocycles. The third-order valence-electron chi connectivity index (χ3n) is 3.63. The Bertz CT molecular complexity index is 788. The number of amides is 1. The highest BCUT2D eigenvalue weighted by atomic mass is 32.2. The van der Waals surface area contributed by atoms with Gasteiger partial charge in [-0.3, -0.25) is 4.79 Å². The standard InChI is InChI=1S/C15H15N5OS2/c1-3-6-19-10(2)17-18-15(19)23-12-4-7-20(13(12)21)14-11(9-16)5-8-22-14/h3,5,8,12H,1,4,6-7H2,2H3/t12-/m0/s1. The van der Waals surface area contributed by atoms with Crippen LogP contribution in [0.5, 0.6) is 0 Å². The van der Waals surface area contributed by atoms with Crippen molar-refractivity contribution in [3.8, 4) is 6.07 Å². The van der Waals surface area contributed by atoms with Gasteiger partial charge in [0.15, 0.2) is 5.16 Å². The molecule has 23 heavy (non-hydrogen) atoms. The summed E-state index contributed by atoms with van der Waals surface area (Å²) in [5.41, 5.74) is 0.555. The minimum absolute atomic E-state index is 0.0276. The minimum Gasteiger partial charge on any atom is -0.302 e. The second kappa shape index (κ2) is 6.56. The largest absolute Gasteiger partial charge is 0.302 e. The Hall–Kier alpha value is -2.11. The number of hydrogen-bond acceptors (Lipinski definition) is 6. The van der Waals surface area contributed by atoms with E-state index in [0.717, 1.165) is 22.4 Å². The first-order valence-corrected chi connectivity index (χ1v) is 8.88. The molecule has 2 aromatic heterocycles. The van der Waals surface area contributed by atoms with Gasteiger partial charge in [0.2, 0.25) is 5.91 Å². The molecule has 6 nitrogen and oxygen atoms in total. The topological polar surface area (TPSA) is 74.8 Å². The highest BCUT2D eigenvalue weighted by Crippen LogP contribution is 2.36. The summed E-state index contributed by atoms with van der Waals surface area (Å²) in [6.45, 7) is 6.87. The van der Waals surface area contributed by atoms with E-state index in [1.807, 2.05) is 16.9 Å². The zero-order valence-electron chi connectivity index (χ0n) is 12.6. The Morgan fingerprint density at radius 1 is 1.61 bits per heavy atom. The molecular formula is C15H15N5OS2. The van der Waals surface area contributed by atoms with E-state index in [1.165, 1.54) is 23.1 Å². The molecule has 8 heteroatoms. The summed E-state index contributed by atoms with van der Waals surface area (Å²) in [5.74, 6) is 0.833. The number of nitriles is 1. The van der Waals surface area contributed by atoms with Crippen molar-refractivity contribution in [2.45, 2.75) is 30.3 Å². The Morgan fingerprint density at radius 3 is 3.17 bits per heavy atom. The number of thiophene rings is 1. The van der Waals surface area contributed by atoms with Crippen LogP contribution in [0.3, 0.4) is 0 Å². The molecule has 0 spiro atoms. The van der Waals surface area contributed by atoms with E-state index in [1.54, 1.807) is 17.0 Å². The molecule has 0 N–H and O–H groups in total. The Kier molecular flexibility index (Phi) is 4.50. The quantitative estimate of drug-likeness (QED) is 0.779. The van der Waals surface area contributed by atoms with Crippen molar-refractivity contribution in [1.29, 1.82) is 5.26 Å². The van der Waals surface area contributed by atoms with Crippen LogP contribution in [0.15, 0.2) is 29.3 Å². The molecule has 3 rings (SSSR count). The lowest BCUT2D eigenvalue weighted by molar-refractivity contribution is -0.116. The molecule has 2 aromatic rings. The lowest BCUT2D eigenvalue weighted by Gasteiger charge is -2.15. The molecule has 0 radical (unpaired) electrons. The SMILES string of the molecule is C=CCn1c(C)nnc1S[C@H]1CCN(c2sccc2C#N)C1=O. The lowest BCUT2D eigenvalue weighted by Crippen LogP contribution is -2.28. The number of rotatable bonds is 5. The third-order valence-corrected chi connectivity index (χ3v) is 5.80. The maximum Gasteiger partial charge on any atom is 0.241 e. The van der Waals surface area contributed by atoms with E-state index in [-0.39, 0.29) is 11.2 Å². The highest BCUT2D eigenvalue weighted by molar-refractivity contribution is 8.00. The summed E-state index contributed by atoms with van der Waals surface area (Å²) in [7, 11) is 0. The van der Waals surface area contributed by atoms with Crippen molar-refractivity contribution >= 4 is 34.0 Å². The molecule has 1 atom stereocenters. The van der Waals surface area contributed by atoms with Crippen LogP contribution in [0.4, 0.5) is 5.00 Å².